The van der Waals surface area contributed by atoms with Crippen molar-refractivity contribution < 1.29 is 9.50 Å². The van der Waals surface area contributed by atoms with Crippen LogP contribution in [-0.4, -0.2) is 17.8 Å². The Balaban J connectivity index is 2.09. The molecule has 14 heavy (non-hydrogen) atoms. The SMILES string of the molecule is OCC1CC(c2cccc(F)c2)NN1. The van der Waals surface area contributed by atoms with E-state index in [1.54, 1.807) is 6.07 Å². The minimum absolute atomic E-state index is 0.0586. The van der Waals surface area contributed by atoms with E-state index in [1.807, 2.05) is 6.07 Å². The first kappa shape index (κ1) is 9.58. The minimum Gasteiger partial charge on any atom is -0.395 e. The summed E-state index contributed by atoms with van der Waals surface area (Å²) < 4.78 is 12.9. The fraction of sp³-hybridized carbons (Fsp3) is 0.400. The molecule has 4 heteroatoms. The third-order valence-electron chi connectivity index (χ3n) is 2.45. The summed E-state index contributed by atoms with van der Waals surface area (Å²) in [6, 6.07) is 6.65. The van der Waals surface area contributed by atoms with Gasteiger partial charge < -0.3 is 5.11 Å². The first-order valence-electron chi connectivity index (χ1n) is 4.67. The summed E-state index contributed by atoms with van der Waals surface area (Å²) in [5.74, 6) is -0.225. The second kappa shape index (κ2) is 4.04. The molecule has 1 aromatic carbocycles. The van der Waals surface area contributed by atoms with Crippen LogP contribution in [0.2, 0.25) is 0 Å². The van der Waals surface area contributed by atoms with E-state index in [1.165, 1.54) is 12.1 Å². The number of halogens is 1. The zero-order valence-corrected chi connectivity index (χ0v) is 7.70. The van der Waals surface area contributed by atoms with E-state index >= 15 is 0 Å². The summed E-state index contributed by atoms with van der Waals surface area (Å²) in [6.45, 7) is 0.0960. The third kappa shape index (κ3) is 1.92. The van der Waals surface area contributed by atoms with Crippen molar-refractivity contribution in [2.75, 3.05) is 6.61 Å². The molecule has 0 amide bonds. The van der Waals surface area contributed by atoms with Crippen molar-refractivity contribution in [2.45, 2.75) is 18.5 Å². The lowest BCUT2D eigenvalue weighted by atomic mass is 10.0. The molecule has 0 radical (unpaired) electrons. The van der Waals surface area contributed by atoms with Crippen LogP contribution in [0.15, 0.2) is 24.3 Å². The molecule has 1 aromatic rings. The second-order valence-electron chi connectivity index (χ2n) is 3.51. The van der Waals surface area contributed by atoms with Crippen LogP contribution in [-0.2, 0) is 0 Å². The van der Waals surface area contributed by atoms with Gasteiger partial charge >= 0.3 is 0 Å². The summed E-state index contributed by atoms with van der Waals surface area (Å²) in [4.78, 5) is 0. The largest absolute Gasteiger partial charge is 0.395 e. The topological polar surface area (TPSA) is 44.3 Å². The van der Waals surface area contributed by atoms with Gasteiger partial charge in [0, 0.05) is 12.1 Å². The molecule has 0 spiro atoms. The Labute approximate surface area is 81.9 Å². The van der Waals surface area contributed by atoms with Gasteiger partial charge in [0.05, 0.1) is 6.61 Å². The van der Waals surface area contributed by atoms with Gasteiger partial charge in [0.1, 0.15) is 5.82 Å². The maximum absolute atomic E-state index is 12.9. The van der Waals surface area contributed by atoms with Crippen molar-refractivity contribution in [1.82, 2.24) is 10.9 Å². The molecule has 3 nitrogen and oxygen atoms in total. The Kier molecular flexibility index (Phi) is 2.77. The average molecular weight is 196 g/mol. The van der Waals surface area contributed by atoms with Gasteiger partial charge in [0.15, 0.2) is 0 Å². The monoisotopic (exact) mass is 196 g/mol. The summed E-state index contributed by atoms with van der Waals surface area (Å²) in [5, 5.41) is 8.91. The van der Waals surface area contributed by atoms with Crippen LogP contribution < -0.4 is 10.9 Å². The van der Waals surface area contributed by atoms with Crippen LogP contribution in [0.5, 0.6) is 0 Å². The van der Waals surface area contributed by atoms with Crippen molar-refractivity contribution in [3.8, 4) is 0 Å². The van der Waals surface area contributed by atoms with E-state index in [9.17, 15) is 4.39 Å². The van der Waals surface area contributed by atoms with Gasteiger partial charge in [0.2, 0.25) is 0 Å². The lowest BCUT2D eigenvalue weighted by Crippen LogP contribution is -2.32. The molecule has 2 unspecified atom stereocenters. The van der Waals surface area contributed by atoms with Crippen LogP contribution in [0, 0.1) is 5.82 Å². The van der Waals surface area contributed by atoms with Gasteiger partial charge in [-0.3, -0.25) is 5.43 Å². The number of hydrogen-bond acceptors (Lipinski definition) is 3. The molecule has 1 saturated heterocycles. The minimum atomic E-state index is -0.225. The molecular formula is C10H13FN2O. The van der Waals surface area contributed by atoms with Gasteiger partial charge in [-0.15, -0.1) is 0 Å². The Morgan fingerprint density at radius 3 is 2.93 bits per heavy atom. The number of benzene rings is 1. The highest BCUT2D eigenvalue weighted by Crippen LogP contribution is 2.22. The highest BCUT2D eigenvalue weighted by molar-refractivity contribution is 5.21. The summed E-state index contributed by atoms with van der Waals surface area (Å²) in [7, 11) is 0. The van der Waals surface area contributed by atoms with E-state index in [0.29, 0.717) is 0 Å². The number of nitrogens with one attached hydrogen (secondary N) is 2. The summed E-state index contributed by atoms with van der Waals surface area (Å²) in [5.41, 5.74) is 6.89. The smallest absolute Gasteiger partial charge is 0.123 e. The van der Waals surface area contributed by atoms with Crippen molar-refractivity contribution in [2.24, 2.45) is 0 Å². The molecular weight excluding hydrogens is 183 g/mol. The van der Waals surface area contributed by atoms with Gasteiger partial charge in [-0.2, -0.15) is 0 Å². The van der Waals surface area contributed by atoms with E-state index in [4.69, 9.17) is 5.11 Å². The summed E-state index contributed by atoms with van der Waals surface area (Å²) in [6.07, 6.45) is 0.778. The predicted molar refractivity (Wildman–Crippen MR) is 50.9 cm³/mol. The maximum atomic E-state index is 12.9. The Morgan fingerprint density at radius 1 is 1.43 bits per heavy atom. The van der Waals surface area contributed by atoms with Crippen LogP contribution in [0.4, 0.5) is 4.39 Å². The van der Waals surface area contributed by atoms with E-state index in [0.717, 1.165) is 12.0 Å². The van der Waals surface area contributed by atoms with Crippen LogP contribution in [0.3, 0.4) is 0 Å². The van der Waals surface area contributed by atoms with Gasteiger partial charge in [-0.1, -0.05) is 12.1 Å². The molecule has 2 rings (SSSR count). The van der Waals surface area contributed by atoms with Crippen molar-refractivity contribution >= 4 is 0 Å². The number of hydrogen-bond donors (Lipinski definition) is 3. The molecule has 0 bridgehead atoms. The fourth-order valence-corrected chi connectivity index (χ4v) is 1.68. The van der Waals surface area contributed by atoms with Crippen molar-refractivity contribution in [3.63, 3.8) is 0 Å². The number of aliphatic hydroxyl groups is 1. The second-order valence-corrected chi connectivity index (χ2v) is 3.51. The molecule has 3 N–H and O–H groups in total. The first-order valence-corrected chi connectivity index (χ1v) is 4.67. The van der Waals surface area contributed by atoms with Crippen molar-refractivity contribution in [3.05, 3.63) is 35.6 Å². The van der Waals surface area contributed by atoms with Gasteiger partial charge in [0.25, 0.3) is 0 Å². The molecule has 1 heterocycles. The lowest BCUT2D eigenvalue weighted by Gasteiger charge is -2.08. The Bertz CT molecular complexity index is 319. The average Bonchev–Trinajstić information content (AvgIpc) is 2.66. The Hall–Kier alpha value is -0.970. The zero-order valence-electron chi connectivity index (χ0n) is 7.70. The molecule has 0 aromatic heterocycles. The fourth-order valence-electron chi connectivity index (χ4n) is 1.68. The standard InChI is InChI=1S/C10H13FN2O/c11-8-3-1-2-7(4-8)10-5-9(6-14)12-13-10/h1-4,9-10,12-14H,5-6H2. The van der Waals surface area contributed by atoms with E-state index in [2.05, 4.69) is 10.9 Å². The van der Waals surface area contributed by atoms with Gasteiger partial charge in [-0.05, 0) is 24.1 Å². The predicted octanol–water partition coefficient (Wildman–Crippen LogP) is 0.726. The van der Waals surface area contributed by atoms with Crippen molar-refractivity contribution in [1.29, 1.82) is 0 Å². The maximum Gasteiger partial charge on any atom is 0.123 e. The summed E-state index contributed by atoms with van der Waals surface area (Å²) >= 11 is 0. The third-order valence-corrected chi connectivity index (χ3v) is 2.45. The highest BCUT2D eigenvalue weighted by Gasteiger charge is 2.24. The molecule has 2 atom stereocenters. The zero-order chi connectivity index (χ0) is 9.97. The van der Waals surface area contributed by atoms with Crippen LogP contribution in [0.1, 0.15) is 18.0 Å². The van der Waals surface area contributed by atoms with Gasteiger partial charge in [-0.25, -0.2) is 9.82 Å². The molecule has 0 aliphatic carbocycles. The molecule has 1 aliphatic heterocycles. The van der Waals surface area contributed by atoms with Crippen LogP contribution in [0.25, 0.3) is 0 Å². The van der Waals surface area contributed by atoms with E-state index < -0.39 is 0 Å². The van der Waals surface area contributed by atoms with E-state index in [-0.39, 0.29) is 24.5 Å². The first-order chi connectivity index (χ1) is 6.79. The number of hydrazine groups is 1. The number of aliphatic hydroxyl groups excluding tert-OH is 1. The van der Waals surface area contributed by atoms with Crippen LogP contribution >= 0.6 is 0 Å². The highest BCUT2D eigenvalue weighted by atomic mass is 19.1. The normalized spacial score (nSPS) is 26.7. The molecule has 0 saturated carbocycles. The quantitative estimate of drug-likeness (QED) is 0.653. The number of rotatable bonds is 2. The lowest BCUT2D eigenvalue weighted by molar-refractivity contribution is 0.251. The molecule has 1 aliphatic rings. The Morgan fingerprint density at radius 2 is 2.29 bits per heavy atom. The molecule has 76 valence electrons. The molecule has 1 fully saturated rings.